The number of halogens is 3. The van der Waals surface area contributed by atoms with Gasteiger partial charge in [-0.25, -0.2) is 13.2 Å². The van der Waals surface area contributed by atoms with Gasteiger partial charge in [0.1, 0.15) is 5.82 Å². The molecule has 0 aliphatic rings. The second-order valence-corrected chi connectivity index (χ2v) is 4.88. The van der Waals surface area contributed by atoms with Gasteiger partial charge < -0.3 is 9.73 Å². The number of hydrogen-bond donors (Lipinski definition) is 1. The van der Waals surface area contributed by atoms with Crippen LogP contribution in [0.5, 0.6) is 0 Å². The molecule has 0 fully saturated rings. The summed E-state index contributed by atoms with van der Waals surface area (Å²) in [6, 6.07) is 5.04. The molecule has 2 aromatic carbocycles. The smallest absolute Gasteiger partial charge is 0.338 e. The van der Waals surface area contributed by atoms with E-state index >= 15 is 0 Å². The minimum absolute atomic E-state index is 0.220. The molecule has 1 aromatic heterocycles. The molecule has 0 atom stereocenters. The number of benzene rings is 2. The van der Waals surface area contributed by atoms with Gasteiger partial charge in [-0.05, 0) is 30.7 Å². The number of hydrogen-bond acceptors (Lipinski definition) is 4. The highest BCUT2D eigenvalue weighted by atomic mass is 19.2. The average molecular weight is 352 g/mol. The van der Waals surface area contributed by atoms with Crippen molar-refractivity contribution in [3.8, 4) is 0 Å². The number of nitrogens with one attached hydrogen (secondary N) is 1. The molecular weight excluding hydrogens is 337 g/mol. The van der Waals surface area contributed by atoms with Gasteiger partial charge in [-0.1, -0.05) is 19.9 Å². The Kier molecular flexibility index (Phi) is 5.31. The van der Waals surface area contributed by atoms with Gasteiger partial charge in [-0.2, -0.15) is 0 Å². The highest BCUT2D eigenvalue weighted by molar-refractivity contribution is 5.94. The Labute approximate surface area is 141 Å². The zero-order valence-corrected chi connectivity index (χ0v) is 13.7. The molecule has 3 aromatic rings. The van der Waals surface area contributed by atoms with Crippen molar-refractivity contribution < 1.29 is 22.5 Å². The summed E-state index contributed by atoms with van der Waals surface area (Å²) in [5, 5.41) is 13.1. The molecule has 0 spiro atoms. The largest absolute Gasteiger partial charge is 0.457 e. The third kappa shape index (κ3) is 3.28. The standard InChI is InChI=1S/C15H9F3N2O3.C2H6/c1-7-2-3-10(9(16)6-7)19-13-12(18)11(17)8-4-5-23-15(8)14(13)20(21)22;1-2/h2-6,19H,1H3;1-2H3. The first-order valence-electron chi connectivity index (χ1n) is 7.46. The second kappa shape index (κ2) is 7.25. The summed E-state index contributed by atoms with van der Waals surface area (Å²) in [4.78, 5) is 10.3. The molecule has 0 unspecified atom stereocenters. The molecule has 25 heavy (non-hydrogen) atoms. The number of furan rings is 1. The number of nitrogens with zero attached hydrogens (tertiary/aromatic N) is 1. The van der Waals surface area contributed by atoms with Crippen LogP contribution in [0.4, 0.5) is 30.2 Å². The average Bonchev–Trinajstić information content (AvgIpc) is 3.05. The number of rotatable bonds is 3. The molecule has 0 radical (unpaired) electrons. The lowest BCUT2D eigenvalue weighted by molar-refractivity contribution is -0.382. The lowest BCUT2D eigenvalue weighted by Gasteiger charge is -2.10. The van der Waals surface area contributed by atoms with Crippen molar-refractivity contribution in [2.24, 2.45) is 0 Å². The van der Waals surface area contributed by atoms with Crippen LogP contribution in [0.3, 0.4) is 0 Å². The summed E-state index contributed by atoms with van der Waals surface area (Å²) < 4.78 is 47.0. The number of nitro benzene ring substituents is 1. The van der Waals surface area contributed by atoms with E-state index in [0.29, 0.717) is 5.56 Å². The molecule has 1 heterocycles. The van der Waals surface area contributed by atoms with Crippen molar-refractivity contribution in [1.29, 1.82) is 0 Å². The molecule has 5 nitrogen and oxygen atoms in total. The number of anilines is 2. The third-order valence-corrected chi connectivity index (χ3v) is 3.33. The lowest BCUT2D eigenvalue weighted by Crippen LogP contribution is -2.04. The fourth-order valence-electron chi connectivity index (χ4n) is 2.26. The van der Waals surface area contributed by atoms with Gasteiger partial charge in [0, 0.05) is 0 Å². The molecule has 0 saturated heterocycles. The molecule has 132 valence electrons. The van der Waals surface area contributed by atoms with Gasteiger partial charge in [-0.3, -0.25) is 10.1 Å². The maximum Gasteiger partial charge on any atom is 0.338 e. The quantitative estimate of drug-likeness (QED) is 0.475. The van der Waals surface area contributed by atoms with Crippen LogP contribution in [-0.2, 0) is 0 Å². The molecular formula is C17H15F3N2O3. The van der Waals surface area contributed by atoms with Crippen molar-refractivity contribution in [3.05, 3.63) is 63.7 Å². The summed E-state index contributed by atoms with van der Waals surface area (Å²) in [5.74, 6) is -3.54. The van der Waals surface area contributed by atoms with Crippen LogP contribution >= 0.6 is 0 Å². The van der Waals surface area contributed by atoms with Crippen LogP contribution in [0.25, 0.3) is 11.0 Å². The first-order valence-corrected chi connectivity index (χ1v) is 7.46. The highest BCUT2D eigenvalue weighted by Gasteiger charge is 2.30. The van der Waals surface area contributed by atoms with Crippen LogP contribution in [0.15, 0.2) is 34.9 Å². The third-order valence-electron chi connectivity index (χ3n) is 3.33. The van der Waals surface area contributed by atoms with Crippen molar-refractivity contribution in [3.63, 3.8) is 0 Å². The van der Waals surface area contributed by atoms with Crippen LogP contribution in [0.1, 0.15) is 19.4 Å². The van der Waals surface area contributed by atoms with E-state index in [4.69, 9.17) is 4.42 Å². The van der Waals surface area contributed by atoms with Crippen LogP contribution in [-0.4, -0.2) is 4.92 Å². The first kappa shape index (κ1) is 18.3. The number of aryl methyl sites for hydroxylation is 1. The predicted octanol–water partition coefficient (Wildman–Crippen LogP) is 5.84. The first-order chi connectivity index (χ1) is 11.9. The second-order valence-electron chi connectivity index (χ2n) is 4.88. The normalized spacial score (nSPS) is 10.3. The fourth-order valence-corrected chi connectivity index (χ4v) is 2.26. The predicted molar refractivity (Wildman–Crippen MR) is 88.6 cm³/mol. The monoisotopic (exact) mass is 352 g/mol. The zero-order chi connectivity index (χ0) is 18.7. The van der Waals surface area contributed by atoms with E-state index in [1.54, 1.807) is 6.92 Å². The number of nitro groups is 1. The molecule has 0 saturated carbocycles. The maximum absolute atomic E-state index is 14.2. The van der Waals surface area contributed by atoms with Crippen LogP contribution in [0, 0.1) is 34.5 Å². The van der Waals surface area contributed by atoms with E-state index in [1.807, 2.05) is 13.8 Å². The Morgan fingerprint density at radius 1 is 1.12 bits per heavy atom. The Bertz CT molecular complexity index is 939. The number of fused-ring (bicyclic) bond motifs is 1. The molecule has 3 rings (SSSR count). The molecule has 0 aliphatic heterocycles. The van der Waals surface area contributed by atoms with Crippen molar-refractivity contribution in [2.75, 3.05) is 5.32 Å². The summed E-state index contributed by atoms with van der Waals surface area (Å²) in [7, 11) is 0. The van der Waals surface area contributed by atoms with E-state index in [9.17, 15) is 23.3 Å². The molecule has 1 N–H and O–H groups in total. The SMILES string of the molecule is CC.Cc1ccc(Nc2c(F)c(F)c3ccoc3c2[N+](=O)[O-])c(F)c1. The van der Waals surface area contributed by atoms with Gasteiger partial charge in [0.2, 0.25) is 5.58 Å². The molecule has 8 heteroatoms. The van der Waals surface area contributed by atoms with E-state index in [2.05, 4.69) is 5.32 Å². The Morgan fingerprint density at radius 2 is 1.80 bits per heavy atom. The van der Waals surface area contributed by atoms with Gasteiger partial charge in [0.15, 0.2) is 17.3 Å². The highest BCUT2D eigenvalue weighted by Crippen LogP contribution is 2.40. The zero-order valence-electron chi connectivity index (χ0n) is 13.7. The summed E-state index contributed by atoms with van der Waals surface area (Å²) >= 11 is 0. The topological polar surface area (TPSA) is 68.3 Å². The summed E-state index contributed by atoms with van der Waals surface area (Å²) in [6.45, 7) is 5.64. The van der Waals surface area contributed by atoms with E-state index < -0.39 is 39.3 Å². The van der Waals surface area contributed by atoms with E-state index in [0.717, 1.165) is 18.4 Å². The summed E-state index contributed by atoms with van der Waals surface area (Å²) in [5.41, 5.74) is -1.64. The minimum atomic E-state index is -1.48. The van der Waals surface area contributed by atoms with Crippen molar-refractivity contribution in [1.82, 2.24) is 0 Å². The Hall–Kier alpha value is -3.03. The van der Waals surface area contributed by atoms with E-state index in [1.165, 1.54) is 12.1 Å². The minimum Gasteiger partial charge on any atom is -0.457 e. The van der Waals surface area contributed by atoms with Crippen molar-refractivity contribution in [2.45, 2.75) is 20.8 Å². The molecule has 0 amide bonds. The summed E-state index contributed by atoms with van der Waals surface area (Å²) in [6.07, 6.45) is 1.01. The van der Waals surface area contributed by atoms with Crippen molar-refractivity contribution >= 4 is 28.0 Å². The van der Waals surface area contributed by atoms with Crippen LogP contribution < -0.4 is 5.32 Å². The Balaban J connectivity index is 0.00000109. The maximum atomic E-state index is 14.2. The Morgan fingerprint density at radius 3 is 2.40 bits per heavy atom. The fraction of sp³-hybridized carbons (Fsp3) is 0.176. The molecule has 0 bridgehead atoms. The lowest BCUT2D eigenvalue weighted by atomic mass is 10.1. The van der Waals surface area contributed by atoms with Gasteiger partial charge in [-0.15, -0.1) is 0 Å². The van der Waals surface area contributed by atoms with Crippen LogP contribution in [0.2, 0.25) is 0 Å². The molecule has 0 aliphatic carbocycles. The van der Waals surface area contributed by atoms with Gasteiger partial charge in [0.05, 0.1) is 22.3 Å². The van der Waals surface area contributed by atoms with Gasteiger partial charge in [0.25, 0.3) is 0 Å². The van der Waals surface area contributed by atoms with Gasteiger partial charge >= 0.3 is 5.69 Å². The van der Waals surface area contributed by atoms with E-state index in [-0.39, 0.29) is 11.1 Å².